The fourth-order valence-corrected chi connectivity index (χ4v) is 3.80. The molecule has 0 fully saturated rings. The molecular formula is C23H26N2O4S. The topological polar surface area (TPSA) is 62.6 Å². The molecule has 0 saturated heterocycles. The Morgan fingerprint density at radius 3 is 2.27 bits per heavy atom. The number of methoxy groups -OCH3 is 2. The third-order valence-corrected chi connectivity index (χ3v) is 5.55. The van der Waals surface area contributed by atoms with Gasteiger partial charge in [-0.2, -0.15) is 5.10 Å². The number of carbonyl (C=O) groups is 1. The molecule has 0 aliphatic carbocycles. The minimum absolute atomic E-state index is 0.364. The highest BCUT2D eigenvalue weighted by atomic mass is 32.2. The number of rotatable bonds is 6. The number of hydrogen-bond donors (Lipinski definition) is 0. The molecule has 1 aromatic heterocycles. The molecule has 0 atom stereocenters. The molecule has 0 amide bonds. The predicted molar refractivity (Wildman–Crippen MR) is 117 cm³/mol. The summed E-state index contributed by atoms with van der Waals surface area (Å²) >= 11 is 1.52. The summed E-state index contributed by atoms with van der Waals surface area (Å²) < 4.78 is 18.2. The molecule has 3 aromatic rings. The highest BCUT2D eigenvalue weighted by Gasteiger charge is 2.28. The van der Waals surface area contributed by atoms with E-state index in [0.717, 1.165) is 15.5 Å². The summed E-state index contributed by atoms with van der Waals surface area (Å²) in [6.07, 6.45) is 0. The van der Waals surface area contributed by atoms with E-state index in [1.807, 2.05) is 58.0 Å². The molecule has 6 nitrogen and oxygen atoms in total. The maximum atomic E-state index is 13.0. The number of ether oxygens (including phenoxy) is 3. The molecule has 30 heavy (non-hydrogen) atoms. The van der Waals surface area contributed by atoms with E-state index >= 15 is 0 Å². The third-order valence-electron chi connectivity index (χ3n) is 4.37. The van der Waals surface area contributed by atoms with E-state index in [1.54, 1.807) is 30.0 Å². The smallest absolute Gasteiger partial charge is 0.345 e. The van der Waals surface area contributed by atoms with Crippen molar-refractivity contribution < 1.29 is 19.0 Å². The van der Waals surface area contributed by atoms with Gasteiger partial charge >= 0.3 is 5.97 Å². The van der Waals surface area contributed by atoms with E-state index in [0.29, 0.717) is 22.9 Å². The van der Waals surface area contributed by atoms with Crippen LogP contribution in [0.3, 0.4) is 0 Å². The fourth-order valence-electron chi connectivity index (χ4n) is 2.87. The second kappa shape index (κ2) is 8.83. The van der Waals surface area contributed by atoms with E-state index in [1.165, 1.54) is 18.9 Å². The Morgan fingerprint density at radius 2 is 1.67 bits per heavy atom. The van der Waals surface area contributed by atoms with Gasteiger partial charge in [0.05, 0.1) is 35.9 Å². The highest BCUT2D eigenvalue weighted by molar-refractivity contribution is 7.99. The SMILES string of the molecule is COc1ccc(C(=O)Oc2c(Sc3ccccc3)c(C)nn2C(C)(C)C)cc1OC. The molecule has 0 aliphatic heterocycles. The summed E-state index contributed by atoms with van der Waals surface area (Å²) in [4.78, 5) is 14.9. The van der Waals surface area contributed by atoms with Crippen LogP contribution in [-0.4, -0.2) is 30.0 Å². The zero-order valence-corrected chi connectivity index (χ0v) is 18.9. The Balaban J connectivity index is 2.00. The van der Waals surface area contributed by atoms with Crippen molar-refractivity contribution in [3.05, 3.63) is 59.8 Å². The van der Waals surface area contributed by atoms with Gasteiger partial charge in [-0.15, -0.1) is 0 Å². The maximum absolute atomic E-state index is 13.0. The van der Waals surface area contributed by atoms with Crippen LogP contribution in [-0.2, 0) is 5.54 Å². The van der Waals surface area contributed by atoms with Crippen LogP contribution >= 0.6 is 11.8 Å². The zero-order chi connectivity index (χ0) is 21.9. The first-order valence-electron chi connectivity index (χ1n) is 9.51. The van der Waals surface area contributed by atoms with Crippen LogP contribution in [0.2, 0.25) is 0 Å². The van der Waals surface area contributed by atoms with Crippen LogP contribution in [0.1, 0.15) is 36.8 Å². The number of carbonyl (C=O) groups excluding carboxylic acids is 1. The third kappa shape index (κ3) is 4.62. The molecule has 0 unspecified atom stereocenters. The van der Waals surface area contributed by atoms with E-state index in [9.17, 15) is 4.79 Å². The predicted octanol–water partition coefficient (Wildman–Crippen LogP) is 5.33. The molecule has 0 bridgehead atoms. The molecule has 0 N–H and O–H groups in total. The van der Waals surface area contributed by atoms with E-state index in [4.69, 9.17) is 14.2 Å². The average Bonchev–Trinajstić information content (AvgIpc) is 3.04. The molecule has 0 spiro atoms. The number of hydrogen-bond acceptors (Lipinski definition) is 6. The number of aromatic nitrogens is 2. The number of nitrogens with zero attached hydrogens (tertiary/aromatic N) is 2. The molecule has 7 heteroatoms. The van der Waals surface area contributed by atoms with Crippen LogP contribution in [0.4, 0.5) is 0 Å². The van der Waals surface area contributed by atoms with Gasteiger partial charge in [0.25, 0.3) is 0 Å². The van der Waals surface area contributed by atoms with Crippen LogP contribution < -0.4 is 14.2 Å². The average molecular weight is 427 g/mol. The van der Waals surface area contributed by atoms with Crippen molar-refractivity contribution in [1.29, 1.82) is 0 Å². The van der Waals surface area contributed by atoms with Gasteiger partial charge in [0.2, 0.25) is 5.88 Å². The van der Waals surface area contributed by atoms with Crippen molar-refractivity contribution in [2.24, 2.45) is 0 Å². The number of benzene rings is 2. The fraction of sp³-hybridized carbons (Fsp3) is 0.304. The summed E-state index contributed by atoms with van der Waals surface area (Å²) in [5, 5.41) is 4.66. The zero-order valence-electron chi connectivity index (χ0n) is 18.1. The number of esters is 1. The van der Waals surface area contributed by atoms with Crippen molar-refractivity contribution in [3.8, 4) is 17.4 Å². The molecule has 2 aromatic carbocycles. The molecule has 0 aliphatic rings. The van der Waals surface area contributed by atoms with Gasteiger partial charge in [0, 0.05) is 4.90 Å². The van der Waals surface area contributed by atoms with Crippen LogP contribution in [0, 0.1) is 6.92 Å². The second-order valence-corrected chi connectivity index (χ2v) is 8.76. The Bertz CT molecular complexity index is 1040. The summed E-state index contributed by atoms with van der Waals surface area (Å²) in [5.41, 5.74) is 0.796. The number of aryl methyl sites for hydroxylation is 1. The quantitative estimate of drug-likeness (QED) is 0.496. The second-order valence-electron chi connectivity index (χ2n) is 7.68. The van der Waals surface area contributed by atoms with Crippen LogP contribution in [0.5, 0.6) is 17.4 Å². The first-order chi connectivity index (χ1) is 14.2. The van der Waals surface area contributed by atoms with Gasteiger partial charge in [-0.3, -0.25) is 0 Å². The van der Waals surface area contributed by atoms with Crippen molar-refractivity contribution in [3.63, 3.8) is 0 Å². The van der Waals surface area contributed by atoms with Gasteiger partial charge in [-0.05, 0) is 58.0 Å². The molecule has 1 heterocycles. The largest absolute Gasteiger partial charge is 0.493 e. The highest BCUT2D eigenvalue weighted by Crippen LogP contribution is 2.40. The first kappa shape index (κ1) is 21.8. The molecule has 3 rings (SSSR count). The maximum Gasteiger partial charge on any atom is 0.345 e. The van der Waals surface area contributed by atoms with Gasteiger partial charge < -0.3 is 14.2 Å². The lowest BCUT2D eigenvalue weighted by molar-refractivity contribution is 0.0703. The Labute approximate surface area is 181 Å². The lowest BCUT2D eigenvalue weighted by Crippen LogP contribution is -2.25. The van der Waals surface area contributed by atoms with Crippen molar-refractivity contribution in [1.82, 2.24) is 9.78 Å². The Kier molecular flexibility index (Phi) is 6.41. The van der Waals surface area contributed by atoms with Gasteiger partial charge in [0.1, 0.15) is 0 Å². The van der Waals surface area contributed by atoms with E-state index < -0.39 is 5.97 Å². The summed E-state index contributed by atoms with van der Waals surface area (Å²) in [5.74, 6) is 0.946. The van der Waals surface area contributed by atoms with Crippen LogP contribution in [0.25, 0.3) is 0 Å². The summed E-state index contributed by atoms with van der Waals surface area (Å²) in [7, 11) is 3.08. The molecule has 0 saturated carbocycles. The normalized spacial score (nSPS) is 11.3. The van der Waals surface area contributed by atoms with E-state index in [-0.39, 0.29) is 5.54 Å². The lowest BCUT2D eigenvalue weighted by atomic mass is 10.1. The monoisotopic (exact) mass is 426 g/mol. The van der Waals surface area contributed by atoms with Crippen molar-refractivity contribution in [2.45, 2.75) is 43.0 Å². The molecule has 158 valence electrons. The van der Waals surface area contributed by atoms with Crippen LogP contribution in [0.15, 0.2) is 58.3 Å². The van der Waals surface area contributed by atoms with Gasteiger partial charge in [-0.25, -0.2) is 9.48 Å². The van der Waals surface area contributed by atoms with Gasteiger partial charge in [-0.1, -0.05) is 30.0 Å². The Morgan fingerprint density at radius 1 is 1.00 bits per heavy atom. The minimum atomic E-state index is -0.490. The minimum Gasteiger partial charge on any atom is -0.493 e. The molecular weight excluding hydrogens is 400 g/mol. The van der Waals surface area contributed by atoms with Crippen molar-refractivity contribution in [2.75, 3.05) is 14.2 Å². The summed E-state index contributed by atoms with van der Waals surface area (Å²) in [6.45, 7) is 7.97. The molecule has 0 radical (unpaired) electrons. The standard InChI is InChI=1S/C23H26N2O4S/c1-15-20(30-17-10-8-7-9-11-17)21(25(24-15)23(2,3)4)29-22(26)16-12-13-18(27-5)19(14-16)28-6/h7-14H,1-6H3. The van der Waals surface area contributed by atoms with Crippen molar-refractivity contribution >= 4 is 17.7 Å². The Hall–Kier alpha value is -2.93. The summed E-state index contributed by atoms with van der Waals surface area (Å²) in [6, 6.07) is 14.9. The van der Waals surface area contributed by atoms with Gasteiger partial charge in [0.15, 0.2) is 11.5 Å². The van der Waals surface area contributed by atoms with E-state index in [2.05, 4.69) is 5.10 Å². The lowest BCUT2D eigenvalue weighted by Gasteiger charge is -2.22. The first-order valence-corrected chi connectivity index (χ1v) is 10.3.